The third-order valence-electron chi connectivity index (χ3n) is 3.09. The van der Waals surface area contributed by atoms with E-state index in [0.717, 1.165) is 28.6 Å². The summed E-state index contributed by atoms with van der Waals surface area (Å²) in [5.41, 5.74) is 2.75. The second-order valence-electron chi connectivity index (χ2n) is 4.39. The Balaban J connectivity index is 1.76. The van der Waals surface area contributed by atoms with Crippen LogP contribution in [-0.2, 0) is 13.6 Å². The quantitative estimate of drug-likeness (QED) is 0.938. The number of halogens is 1. The number of hydrogen-bond donors (Lipinski definition) is 1. The summed E-state index contributed by atoms with van der Waals surface area (Å²) < 4.78 is 12.4. The summed E-state index contributed by atoms with van der Waals surface area (Å²) in [6.07, 6.45) is 0. The Morgan fingerprint density at radius 3 is 2.89 bits per heavy atom. The van der Waals surface area contributed by atoms with Gasteiger partial charge in [-0.2, -0.15) is 5.10 Å². The minimum atomic E-state index is 0.283. The highest BCUT2D eigenvalue weighted by Gasteiger charge is 2.14. The van der Waals surface area contributed by atoms with Crippen LogP contribution in [0.25, 0.3) is 0 Å². The highest BCUT2D eigenvalue weighted by Crippen LogP contribution is 2.34. The fourth-order valence-corrected chi connectivity index (χ4v) is 2.29. The number of fused-ring (bicyclic) bond motifs is 1. The van der Waals surface area contributed by atoms with Crippen LogP contribution in [0.2, 0.25) is 5.02 Å². The lowest BCUT2D eigenvalue weighted by atomic mass is 10.2. The monoisotopic (exact) mass is 279 g/mol. The summed E-state index contributed by atoms with van der Waals surface area (Å²) in [7, 11) is 1.88. The molecule has 6 heteroatoms. The van der Waals surface area contributed by atoms with Crippen molar-refractivity contribution in [2.75, 3.05) is 12.1 Å². The Labute approximate surface area is 116 Å². The van der Waals surface area contributed by atoms with Gasteiger partial charge in [-0.1, -0.05) is 11.6 Å². The zero-order chi connectivity index (χ0) is 13.4. The number of rotatable bonds is 3. The van der Waals surface area contributed by atoms with E-state index in [9.17, 15) is 0 Å². The zero-order valence-electron chi connectivity index (χ0n) is 10.7. The standard InChI is InChI=1S/C13H14ClN3O2/c1-8-13(14)10(17(2)16-8)6-15-9-3-4-11-12(5-9)19-7-18-11/h3-5,15H,6-7H2,1-2H3. The van der Waals surface area contributed by atoms with Gasteiger partial charge in [0, 0.05) is 18.8 Å². The molecule has 2 heterocycles. The van der Waals surface area contributed by atoms with E-state index in [-0.39, 0.29) is 6.79 Å². The first-order valence-corrected chi connectivity index (χ1v) is 6.34. The fourth-order valence-electron chi connectivity index (χ4n) is 2.06. The lowest BCUT2D eigenvalue weighted by Gasteiger charge is -2.08. The van der Waals surface area contributed by atoms with Gasteiger partial charge < -0.3 is 14.8 Å². The molecule has 19 heavy (non-hydrogen) atoms. The predicted octanol–water partition coefficient (Wildman–Crippen LogP) is 2.72. The summed E-state index contributed by atoms with van der Waals surface area (Å²) >= 11 is 6.21. The van der Waals surface area contributed by atoms with Gasteiger partial charge in [0.25, 0.3) is 0 Å². The van der Waals surface area contributed by atoms with Gasteiger partial charge in [-0.15, -0.1) is 0 Å². The summed E-state index contributed by atoms with van der Waals surface area (Å²) in [5, 5.41) is 8.29. The van der Waals surface area contributed by atoms with Gasteiger partial charge in [0.2, 0.25) is 6.79 Å². The maximum Gasteiger partial charge on any atom is 0.231 e. The topological polar surface area (TPSA) is 48.3 Å². The van der Waals surface area contributed by atoms with Crippen molar-refractivity contribution in [1.82, 2.24) is 9.78 Å². The highest BCUT2D eigenvalue weighted by molar-refractivity contribution is 6.31. The van der Waals surface area contributed by atoms with Crippen LogP contribution in [0.4, 0.5) is 5.69 Å². The molecular weight excluding hydrogens is 266 g/mol. The maximum absolute atomic E-state index is 6.21. The van der Waals surface area contributed by atoms with E-state index in [4.69, 9.17) is 21.1 Å². The third-order valence-corrected chi connectivity index (χ3v) is 3.59. The van der Waals surface area contributed by atoms with Gasteiger partial charge in [-0.25, -0.2) is 0 Å². The zero-order valence-corrected chi connectivity index (χ0v) is 11.5. The molecule has 0 bridgehead atoms. The maximum atomic E-state index is 6.21. The van der Waals surface area contributed by atoms with E-state index in [1.54, 1.807) is 4.68 Å². The van der Waals surface area contributed by atoms with Crippen molar-refractivity contribution in [3.63, 3.8) is 0 Å². The molecule has 2 aromatic rings. The van der Waals surface area contributed by atoms with Crippen LogP contribution >= 0.6 is 11.6 Å². The number of nitrogens with zero attached hydrogens (tertiary/aromatic N) is 2. The van der Waals surface area contributed by atoms with E-state index in [1.165, 1.54) is 0 Å². The number of nitrogens with one attached hydrogen (secondary N) is 1. The summed E-state index contributed by atoms with van der Waals surface area (Å²) in [6.45, 7) is 2.79. The summed E-state index contributed by atoms with van der Waals surface area (Å²) in [6, 6.07) is 5.75. The number of anilines is 1. The molecule has 0 spiro atoms. The molecule has 1 aromatic carbocycles. The average Bonchev–Trinajstić information content (AvgIpc) is 2.94. The van der Waals surface area contributed by atoms with Crippen LogP contribution in [0.15, 0.2) is 18.2 Å². The van der Waals surface area contributed by atoms with E-state index in [0.29, 0.717) is 11.6 Å². The molecule has 0 unspecified atom stereocenters. The van der Waals surface area contributed by atoms with Crippen molar-refractivity contribution < 1.29 is 9.47 Å². The molecule has 0 fully saturated rings. The normalized spacial score (nSPS) is 12.8. The molecular formula is C13H14ClN3O2. The van der Waals surface area contributed by atoms with Crippen LogP contribution in [-0.4, -0.2) is 16.6 Å². The van der Waals surface area contributed by atoms with Crippen molar-refractivity contribution in [2.24, 2.45) is 7.05 Å². The number of ether oxygens (including phenoxy) is 2. The molecule has 100 valence electrons. The molecule has 0 aliphatic carbocycles. The van der Waals surface area contributed by atoms with Crippen LogP contribution < -0.4 is 14.8 Å². The van der Waals surface area contributed by atoms with Gasteiger partial charge in [0.1, 0.15) is 0 Å². The van der Waals surface area contributed by atoms with Crippen LogP contribution in [0.1, 0.15) is 11.4 Å². The van der Waals surface area contributed by atoms with Gasteiger partial charge in [-0.05, 0) is 19.1 Å². The van der Waals surface area contributed by atoms with Gasteiger partial charge in [0.05, 0.1) is 23.0 Å². The Morgan fingerprint density at radius 2 is 2.16 bits per heavy atom. The second kappa shape index (κ2) is 4.66. The van der Waals surface area contributed by atoms with Gasteiger partial charge in [-0.3, -0.25) is 4.68 Å². The molecule has 0 atom stereocenters. The van der Waals surface area contributed by atoms with E-state index < -0.39 is 0 Å². The SMILES string of the molecule is Cc1nn(C)c(CNc2ccc3c(c2)OCO3)c1Cl. The lowest BCUT2D eigenvalue weighted by Crippen LogP contribution is -2.05. The molecule has 0 radical (unpaired) electrons. The van der Waals surface area contributed by atoms with Crippen molar-refractivity contribution in [3.8, 4) is 11.5 Å². The summed E-state index contributed by atoms with van der Waals surface area (Å²) in [5.74, 6) is 1.54. The Hall–Kier alpha value is -1.88. The number of benzene rings is 1. The first kappa shape index (κ1) is 12.2. The van der Waals surface area contributed by atoms with E-state index in [1.807, 2.05) is 32.2 Å². The smallest absolute Gasteiger partial charge is 0.231 e. The second-order valence-corrected chi connectivity index (χ2v) is 4.77. The fraction of sp³-hybridized carbons (Fsp3) is 0.308. The Bertz CT molecular complexity index is 625. The average molecular weight is 280 g/mol. The molecule has 0 amide bonds. The molecule has 5 nitrogen and oxygen atoms in total. The first-order chi connectivity index (χ1) is 9.15. The van der Waals surface area contributed by atoms with Crippen LogP contribution in [0, 0.1) is 6.92 Å². The summed E-state index contributed by atoms with van der Waals surface area (Å²) in [4.78, 5) is 0. The van der Waals surface area contributed by atoms with Gasteiger partial charge in [0.15, 0.2) is 11.5 Å². The third kappa shape index (κ3) is 2.21. The minimum Gasteiger partial charge on any atom is -0.454 e. The van der Waals surface area contributed by atoms with Crippen molar-refractivity contribution in [2.45, 2.75) is 13.5 Å². The van der Waals surface area contributed by atoms with Crippen molar-refractivity contribution in [1.29, 1.82) is 0 Å². The van der Waals surface area contributed by atoms with Gasteiger partial charge >= 0.3 is 0 Å². The molecule has 1 aromatic heterocycles. The van der Waals surface area contributed by atoms with E-state index >= 15 is 0 Å². The Kier molecular flexibility index (Phi) is 2.98. The van der Waals surface area contributed by atoms with Crippen LogP contribution in [0.3, 0.4) is 0 Å². The molecule has 1 aliphatic heterocycles. The molecule has 1 N–H and O–H groups in total. The lowest BCUT2D eigenvalue weighted by molar-refractivity contribution is 0.174. The van der Waals surface area contributed by atoms with Crippen LogP contribution in [0.5, 0.6) is 11.5 Å². The number of hydrogen-bond acceptors (Lipinski definition) is 4. The highest BCUT2D eigenvalue weighted by atomic mass is 35.5. The van der Waals surface area contributed by atoms with Crippen molar-refractivity contribution >= 4 is 17.3 Å². The Morgan fingerprint density at radius 1 is 1.37 bits per heavy atom. The minimum absolute atomic E-state index is 0.283. The number of aryl methyl sites for hydroxylation is 2. The molecule has 0 saturated heterocycles. The molecule has 0 saturated carbocycles. The predicted molar refractivity (Wildman–Crippen MR) is 72.8 cm³/mol. The number of aromatic nitrogens is 2. The van der Waals surface area contributed by atoms with Crippen molar-refractivity contribution in [3.05, 3.63) is 34.6 Å². The molecule has 1 aliphatic rings. The van der Waals surface area contributed by atoms with E-state index in [2.05, 4.69) is 10.4 Å². The molecule has 3 rings (SSSR count). The largest absolute Gasteiger partial charge is 0.454 e. The first-order valence-electron chi connectivity index (χ1n) is 5.96.